The van der Waals surface area contributed by atoms with Gasteiger partial charge in [-0.3, -0.25) is 9.59 Å². The first kappa shape index (κ1) is 18.3. The lowest BCUT2D eigenvalue weighted by Crippen LogP contribution is -2.35. The summed E-state index contributed by atoms with van der Waals surface area (Å²) in [6.07, 6.45) is 7.19. The van der Waals surface area contributed by atoms with E-state index in [9.17, 15) is 9.59 Å². The second-order valence-electron chi connectivity index (χ2n) is 7.85. The van der Waals surface area contributed by atoms with Gasteiger partial charge >= 0.3 is 0 Å². The summed E-state index contributed by atoms with van der Waals surface area (Å²) < 4.78 is 11.3. The number of rotatable bonds is 6. The van der Waals surface area contributed by atoms with Crippen LogP contribution in [0.1, 0.15) is 44.9 Å². The normalized spacial score (nSPS) is 25.9. The largest absolute Gasteiger partial charge is 0.491 e. The van der Waals surface area contributed by atoms with Crippen molar-refractivity contribution in [3.63, 3.8) is 0 Å². The molecule has 3 aliphatic rings. The molecule has 1 aromatic carbocycles. The Labute approximate surface area is 160 Å². The van der Waals surface area contributed by atoms with Gasteiger partial charge in [0, 0.05) is 31.3 Å². The molecule has 2 saturated heterocycles. The van der Waals surface area contributed by atoms with E-state index >= 15 is 0 Å². The lowest BCUT2D eigenvalue weighted by Gasteiger charge is -2.23. The first-order chi connectivity index (χ1) is 13.2. The van der Waals surface area contributed by atoms with Crippen molar-refractivity contribution in [2.45, 2.75) is 57.1 Å². The van der Waals surface area contributed by atoms with Gasteiger partial charge in [0.2, 0.25) is 11.8 Å². The molecular weight excluding hydrogens is 344 g/mol. The van der Waals surface area contributed by atoms with E-state index in [4.69, 9.17) is 9.47 Å². The second kappa shape index (κ2) is 8.30. The second-order valence-corrected chi connectivity index (χ2v) is 7.85. The summed E-state index contributed by atoms with van der Waals surface area (Å²) in [6.45, 7) is 1.94. The number of nitrogens with one attached hydrogen (secondary N) is 1. The Hall–Kier alpha value is -2.08. The van der Waals surface area contributed by atoms with Gasteiger partial charge in [-0.05, 0) is 49.9 Å². The van der Waals surface area contributed by atoms with E-state index in [2.05, 4.69) is 5.32 Å². The quantitative estimate of drug-likeness (QED) is 0.834. The van der Waals surface area contributed by atoms with Gasteiger partial charge in [-0.25, -0.2) is 0 Å². The molecule has 2 unspecified atom stereocenters. The van der Waals surface area contributed by atoms with Gasteiger partial charge in [-0.1, -0.05) is 12.8 Å². The Balaban J connectivity index is 1.27. The molecule has 6 nitrogen and oxygen atoms in total. The third-order valence-corrected chi connectivity index (χ3v) is 5.88. The van der Waals surface area contributed by atoms with Crippen LogP contribution in [0.4, 0.5) is 5.69 Å². The highest BCUT2D eigenvalue weighted by Gasteiger charge is 2.38. The van der Waals surface area contributed by atoms with Crippen LogP contribution in [0.3, 0.4) is 0 Å². The fourth-order valence-corrected chi connectivity index (χ4v) is 4.32. The average molecular weight is 372 g/mol. The molecule has 1 saturated carbocycles. The maximum Gasteiger partial charge on any atom is 0.229 e. The number of carbonyl (C=O) groups excluding carboxylic acids is 2. The lowest BCUT2D eigenvalue weighted by atomic mass is 10.1. The fraction of sp³-hybridized carbons (Fsp3) is 0.619. The van der Waals surface area contributed by atoms with Crippen LogP contribution >= 0.6 is 0 Å². The van der Waals surface area contributed by atoms with Crippen LogP contribution in [-0.2, 0) is 14.3 Å². The monoisotopic (exact) mass is 372 g/mol. The minimum Gasteiger partial charge on any atom is -0.491 e. The van der Waals surface area contributed by atoms with Crippen LogP contribution in [0.25, 0.3) is 0 Å². The zero-order valence-electron chi connectivity index (χ0n) is 15.7. The third kappa shape index (κ3) is 4.43. The van der Waals surface area contributed by atoms with Crippen molar-refractivity contribution in [3.05, 3.63) is 24.3 Å². The van der Waals surface area contributed by atoms with Crippen LogP contribution in [0, 0.1) is 5.92 Å². The van der Waals surface area contributed by atoms with Gasteiger partial charge < -0.3 is 19.7 Å². The smallest absolute Gasteiger partial charge is 0.229 e. The molecule has 146 valence electrons. The number of hydrogen-bond donors (Lipinski definition) is 1. The van der Waals surface area contributed by atoms with E-state index < -0.39 is 0 Å². The number of ether oxygens (including phenoxy) is 2. The molecule has 6 heteroatoms. The van der Waals surface area contributed by atoms with Crippen molar-refractivity contribution in [2.24, 2.45) is 5.92 Å². The Morgan fingerprint density at radius 2 is 1.93 bits per heavy atom. The van der Waals surface area contributed by atoms with E-state index in [0.717, 1.165) is 43.7 Å². The van der Waals surface area contributed by atoms with Gasteiger partial charge in [0.25, 0.3) is 0 Å². The highest BCUT2D eigenvalue weighted by atomic mass is 16.5. The van der Waals surface area contributed by atoms with Crippen molar-refractivity contribution in [1.82, 2.24) is 4.90 Å². The van der Waals surface area contributed by atoms with E-state index in [-0.39, 0.29) is 23.8 Å². The van der Waals surface area contributed by atoms with Crippen LogP contribution in [0.5, 0.6) is 5.75 Å². The van der Waals surface area contributed by atoms with Crippen LogP contribution < -0.4 is 10.1 Å². The fourth-order valence-electron chi connectivity index (χ4n) is 4.32. The molecule has 2 amide bonds. The minimum atomic E-state index is -0.256. The Morgan fingerprint density at radius 3 is 2.63 bits per heavy atom. The zero-order chi connectivity index (χ0) is 18.6. The molecule has 0 radical (unpaired) electrons. The van der Waals surface area contributed by atoms with Crippen LogP contribution in [-0.4, -0.2) is 48.6 Å². The number of anilines is 1. The summed E-state index contributed by atoms with van der Waals surface area (Å²) >= 11 is 0. The molecule has 0 spiro atoms. The molecule has 3 fully saturated rings. The van der Waals surface area contributed by atoms with Crippen molar-refractivity contribution >= 4 is 17.5 Å². The number of likely N-dealkylation sites (tertiary alicyclic amines) is 1. The zero-order valence-corrected chi connectivity index (χ0v) is 15.7. The number of hydrogen-bond acceptors (Lipinski definition) is 4. The maximum absolute atomic E-state index is 12.6. The van der Waals surface area contributed by atoms with Gasteiger partial charge in [0.05, 0.1) is 12.0 Å². The number of benzene rings is 1. The molecule has 1 aromatic rings. The van der Waals surface area contributed by atoms with Gasteiger partial charge in [-0.15, -0.1) is 0 Å². The molecule has 27 heavy (non-hydrogen) atoms. The molecular formula is C21H28N2O4. The van der Waals surface area contributed by atoms with Crippen molar-refractivity contribution in [3.8, 4) is 5.75 Å². The molecule has 2 aliphatic heterocycles. The average Bonchev–Trinajstić information content (AvgIpc) is 3.43. The van der Waals surface area contributed by atoms with E-state index in [1.165, 1.54) is 12.8 Å². The summed E-state index contributed by atoms with van der Waals surface area (Å²) in [5, 5.41) is 2.94. The molecule has 0 bridgehead atoms. The SMILES string of the molecule is O=C(Nc1ccc(OCC2CCCO2)cc1)C1CC(=O)N(C2CCCC2)C1. The van der Waals surface area contributed by atoms with E-state index in [1.807, 2.05) is 29.2 Å². The summed E-state index contributed by atoms with van der Waals surface area (Å²) in [4.78, 5) is 26.8. The molecule has 1 N–H and O–H groups in total. The molecule has 4 rings (SSSR count). The predicted molar refractivity (Wildman–Crippen MR) is 102 cm³/mol. The maximum atomic E-state index is 12.6. The third-order valence-electron chi connectivity index (χ3n) is 5.88. The topological polar surface area (TPSA) is 67.9 Å². The first-order valence-electron chi connectivity index (χ1n) is 10.1. The van der Waals surface area contributed by atoms with E-state index in [1.54, 1.807) is 0 Å². The standard InChI is InChI=1S/C21H28N2O4/c24-20-12-15(13-23(20)17-4-1-2-5-17)21(25)22-16-7-9-18(10-8-16)27-14-19-6-3-11-26-19/h7-10,15,17,19H,1-6,11-14H2,(H,22,25). The number of nitrogens with zero attached hydrogens (tertiary/aromatic N) is 1. The van der Waals surface area contributed by atoms with Gasteiger partial charge in [0.1, 0.15) is 12.4 Å². The number of amides is 2. The highest BCUT2D eigenvalue weighted by Crippen LogP contribution is 2.30. The molecule has 0 aromatic heterocycles. The van der Waals surface area contributed by atoms with Crippen molar-refractivity contribution in [2.75, 3.05) is 25.1 Å². The summed E-state index contributed by atoms with van der Waals surface area (Å²) in [5.41, 5.74) is 0.733. The Morgan fingerprint density at radius 1 is 1.15 bits per heavy atom. The lowest BCUT2D eigenvalue weighted by molar-refractivity contribution is -0.129. The predicted octanol–water partition coefficient (Wildman–Crippen LogP) is 2.97. The van der Waals surface area contributed by atoms with Gasteiger partial charge in [-0.2, -0.15) is 0 Å². The van der Waals surface area contributed by atoms with E-state index in [0.29, 0.717) is 25.6 Å². The summed E-state index contributed by atoms with van der Waals surface area (Å²) in [6, 6.07) is 7.74. The van der Waals surface area contributed by atoms with Crippen molar-refractivity contribution < 1.29 is 19.1 Å². The summed E-state index contributed by atoms with van der Waals surface area (Å²) in [7, 11) is 0. The first-order valence-corrected chi connectivity index (χ1v) is 10.1. The highest BCUT2D eigenvalue weighted by molar-refractivity contribution is 5.97. The summed E-state index contributed by atoms with van der Waals surface area (Å²) in [5.74, 6) is 0.567. The minimum absolute atomic E-state index is 0.0723. The van der Waals surface area contributed by atoms with Crippen molar-refractivity contribution in [1.29, 1.82) is 0 Å². The van der Waals surface area contributed by atoms with Crippen LogP contribution in [0.2, 0.25) is 0 Å². The Kier molecular flexibility index (Phi) is 5.62. The molecule has 2 heterocycles. The van der Waals surface area contributed by atoms with Crippen LogP contribution in [0.15, 0.2) is 24.3 Å². The molecule has 2 atom stereocenters. The molecule has 1 aliphatic carbocycles. The Bertz CT molecular complexity index is 663. The van der Waals surface area contributed by atoms with Gasteiger partial charge in [0.15, 0.2) is 0 Å². The number of carbonyl (C=O) groups is 2.